The van der Waals surface area contributed by atoms with Crippen molar-refractivity contribution >= 4 is 5.69 Å². The van der Waals surface area contributed by atoms with Gasteiger partial charge in [0.15, 0.2) is 0 Å². The smallest absolute Gasteiger partial charge is 0.123 e. The fraction of sp³-hybridized carbons (Fsp3) is 0.429. The summed E-state index contributed by atoms with van der Waals surface area (Å²) in [4.78, 5) is 2.08. The van der Waals surface area contributed by atoms with Gasteiger partial charge in [0.25, 0.3) is 0 Å². The third kappa shape index (κ3) is 3.79. The largest absolute Gasteiger partial charge is 0.507 e. The van der Waals surface area contributed by atoms with Crippen LogP contribution in [-0.4, -0.2) is 23.8 Å². The van der Waals surface area contributed by atoms with Crippen molar-refractivity contribution in [1.29, 1.82) is 0 Å². The number of hydrogen-bond donors (Lipinski definition) is 2. The Kier molecular flexibility index (Phi) is 5.04. The first-order chi connectivity index (χ1) is 8.06. The number of unbranched alkanes of at least 4 members (excludes halogenated alkanes) is 1. The Balaban J connectivity index is 2.72. The average molecular weight is 235 g/mol. The Morgan fingerprint density at radius 1 is 1.47 bits per heavy atom. The topological polar surface area (TPSA) is 43.7 Å². The second kappa shape index (κ2) is 6.30. The summed E-state index contributed by atoms with van der Waals surface area (Å²) in [7, 11) is 1.99. The van der Waals surface area contributed by atoms with Gasteiger partial charge in [-0.05, 0) is 25.8 Å². The lowest BCUT2D eigenvalue weighted by Crippen LogP contribution is -2.18. The second-order valence-electron chi connectivity index (χ2n) is 4.27. The summed E-state index contributed by atoms with van der Waals surface area (Å²) in [5.41, 5.74) is 1.52. The molecule has 1 unspecified atom stereocenters. The monoisotopic (exact) mass is 235 g/mol. The van der Waals surface area contributed by atoms with E-state index >= 15 is 0 Å². The molecular weight excluding hydrogens is 214 g/mol. The van der Waals surface area contributed by atoms with Crippen molar-refractivity contribution in [3.8, 4) is 5.75 Å². The van der Waals surface area contributed by atoms with Crippen molar-refractivity contribution in [2.24, 2.45) is 0 Å². The molecule has 1 aromatic carbocycles. The van der Waals surface area contributed by atoms with Crippen LogP contribution < -0.4 is 4.90 Å². The van der Waals surface area contributed by atoms with Crippen LogP contribution in [0.15, 0.2) is 30.9 Å². The minimum Gasteiger partial charge on any atom is -0.507 e. The summed E-state index contributed by atoms with van der Waals surface area (Å²) in [6.45, 7) is 6.25. The van der Waals surface area contributed by atoms with E-state index in [4.69, 9.17) is 0 Å². The maximum absolute atomic E-state index is 9.78. The molecule has 0 amide bonds. The SMILES string of the molecule is C=CCCCN(C)c1ccc(C(C)O)c(O)c1. The van der Waals surface area contributed by atoms with Crippen molar-refractivity contribution in [3.63, 3.8) is 0 Å². The fourth-order valence-corrected chi connectivity index (χ4v) is 1.72. The Labute approximate surface area is 103 Å². The van der Waals surface area contributed by atoms with Crippen molar-refractivity contribution in [3.05, 3.63) is 36.4 Å². The predicted octanol–water partition coefficient (Wildman–Crippen LogP) is 2.85. The van der Waals surface area contributed by atoms with Crippen LogP contribution in [0.5, 0.6) is 5.75 Å². The summed E-state index contributed by atoms with van der Waals surface area (Å²) >= 11 is 0. The molecule has 0 saturated heterocycles. The first-order valence-electron chi connectivity index (χ1n) is 5.89. The van der Waals surface area contributed by atoms with Crippen LogP contribution in [0.4, 0.5) is 5.69 Å². The van der Waals surface area contributed by atoms with Crippen LogP contribution in [0.2, 0.25) is 0 Å². The van der Waals surface area contributed by atoms with Gasteiger partial charge in [-0.1, -0.05) is 12.1 Å². The molecule has 2 N–H and O–H groups in total. The number of hydrogen-bond acceptors (Lipinski definition) is 3. The Hall–Kier alpha value is -1.48. The highest BCUT2D eigenvalue weighted by molar-refractivity contribution is 5.53. The molecule has 0 aliphatic rings. The molecule has 0 heterocycles. The van der Waals surface area contributed by atoms with Crippen molar-refractivity contribution < 1.29 is 10.2 Å². The molecule has 0 radical (unpaired) electrons. The molecular formula is C14H21NO2. The van der Waals surface area contributed by atoms with Gasteiger partial charge >= 0.3 is 0 Å². The van der Waals surface area contributed by atoms with E-state index < -0.39 is 6.10 Å². The van der Waals surface area contributed by atoms with E-state index in [1.807, 2.05) is 19.2 Å². The lowest BCUT2D eigenvalue weighted by molar-refractivity contribution is 0.195. The number of rotatable bonds is 6. The predicted molar refractivity (Wildman–Crippen MR) is 71.4 cm³/mol. The van der Waals surface area contributed by atoms with Gasteiger partial charge in [0.2, 0.25) is 0 Å². The second-order valence-corrected chi connectivity index (χ2v) is 4.27. The van der Waals surface area contributed by atoms with Crippen molar-refractivity contribution in [2.45, 2.75) is 25.9 Å². The molecule has 0 aromatic heterocycles. The molecule has 3 nitrogen and oxygen atoms in total. The zero-order valence-electron chi connectivity index (χ0n) is 10.6. The van der Waals surface area contributed by atoms with Gasteiger partial charge in [-0.15, -0.1) is 6.58 Å². The number of nitrogens with zero attached hydrogens (tertiary/aromatic N) is 1. The molecule has 17 heavy (non-hydrogen) atoms. The van der Waals surface area contributed by atoms with Crippen LogP contribution in [0.3, 0.4) is 0 Å². The maximum Gasteiger partial charge on any atom is 0.123 e. The molecule has 3 heteroatoms. The number of aromatic hydroxyl groups is 1. The summed E-state index contributed by atoms with van der Waals surface area (Å²) < 4.78 is 0. The summed E-state index contributed by atoms with van der Waals surface area (Å²) in [5.74, 6) is 0.146. The third-order valence-corrected chi connectivity index (χ3v) is 2.81. The van der Waals surface area contributed by atoms with Crippen molar-refractivity contribution in [1.82, 2.24) is 0 Å². The minimum absolute atomic E-state index is 0.146. The highest BCUT2D eigenvalue weighted by Crippen LogP contribution is 2.28. The highest BCUT2D eigenvalue weighted by Gasteiger charge is 2.09. The number of phenolic OH excluding ortho intramolecular Hbond substituents is 1. The molecule has 0 aliphatic heterocycles. The maximum atomic E-state index is 9.78. The minimum atomic E-state index is -0.643. The van der Waals surface area contributed by atoms with E-state index in [2.05, 4.69) is 11.5 Å². The first-order valence-corrected chi connectivity index (χ1v) is 5.89. The molecule has 0 spiro atoms. The fourth-order valence-electron chi connectivity index (χ4n) is 1.72. The van der Waals surface area contributed by atoms with Gasteiger partial charge in [-0.3, -0.25) is 0 Å². The Morgan fingerprint density at radius 3 is 2.71 bits per heavy atom. The Bertz CT molecular complexity index is 374. The first kappa shape index (κ1) is 13.6. The van der Waals surface area contributed by atoms with E-state index in [1.54, 1.807) is 19.1 Å². The van der Waals surface area contributed by atoms with Crippen LogP contribution in [-0.2, 0) is 0 Å². The number of aliphatic hydroxyl groups excluding tert-OH is 1. The van der Waals surface area contributed by atoms with E-state index in [0.717, 1.165) is 25.1 Å². The normalized spacial score (nSPS) is 12.2. The highest BCUT2D eigenvalue weighted by atomic mass is 16.3. The molecule has 0 aliphatic carbocycles. The number of phenols is 1. The Morgan fingerprint density at radius 2 is 2.18 bits per heavy atom. The third-order valence-electron chi connectivity index (χ3n) is 2.81. The van der Waals surface area contributed by atoms with E-state index in [1.165, 1.54) is 0 Å². The lowest BCUT2D eigenvalue weighted by Gasteiger charge is -2.20. The lowest BCUT2D eigenvalue weighted by atomic mass is 10.1. The van der Waals surface area contributed by atoms with Gasteiger partial charge in [-0.2, -0.15) is 0 Å². The number of anilines is 1. The number of aliphatic hydroxyl groups is 1. The molecule has 1 atom stereocenters. The summed E-state index contributed by atoms with van der Waals surface area (Å²) in [6.07, 6.45) is 3.29. The summed E-state index contributed by atoms with van der Waals surface area (Å²) in [5, 5.41) is 19.2. The van der Waals surface area contributed by atoms with Crippen LogP contribution in [0, 0.1) is 0 Å². The molecule has 1 rings (SSSR count). The van der Waals surface area contributed by atoms with E-state index in [9.17, 15) is 10.2 Å². The van der Waals surface area contributed by atoms with Gasteiger partial charge in [0, 0.05) is 30.9 Å². The van der Waals surface area contributed by atoms with Gasteiger partial charge in [0.1, 0.15) is 5.75 Å². The molecule has 0 bridgehead atoms. The summed E-state index contributed by atoms with van der Waals surface area (Å²) in [6, 6.07) is 5.37. The zero-order valence-corrected chi connectivity index (χ0v) is 10.6. The van der Waals surface area contributed by atoms with Crippen LogP contribution >= 0.6 is 0 Å². The standard InChI is InChI=1S/C14H21NO2/c1-4-5-6-9-15(3)12-7-8-13(11(2)16)14(17)10-12/h4,7-8,10-11,16-17H,1,5-6,9H2,2-3H3. The molecule has 94 valence electrons. The zero-order chi connectivity index (χ0) is 12.8. The van der Waals surface area contributed by atoms with E-state index in [-0.39, 0.29) is 5.75 Å². The van der Waals surface area contributed by atoms with Gasteiger partial charge in [0.05, 0.1) is 6.10 Å². The van der Waals surface area contributed by atoms with Crippen LogP contribution in [0.1, 0.15) is 31.4 Å². The van der Waals surface area contributed by atoms with Crippen LogP contribution in [0.25, 0.3) is 0 Å². The number of benzene rings is 1. The quantitative estimate of drug-likeness (QED) is 0.588. The number of allylic oxidation sites excluding steroid dienone is 1. The van der Waals surface area contributed by atoms with Gasteiger partial charge < -0.3 is 15.1 Å². The van der Waals surface area contributed by atoms with E-state index in [0.29, 0.717) is 5.56 Å². The average Bonchev–Trinajstić information content (AvgIpc) is 2.28. The van der Waals surface area contributed by atoms with Gasteiger partial charge in [-0.25, -0.2) is 0 Å². The molecule has 0 fully saturated rings. The molecule has 1 aromatic rings. The molecule has 0 saturated carbocycles. The van der Waals surface area contributed by atoms with Crippen molar-refractivity contribution in [2.75, 3.05) is 18.5 Å².